The van der Waals surface area contributed by atoms with Crippen molar-refractivity contribution in [3.05, 3.63) is 0 Å². The molecular formula is C8H13F2NO. The van der Waals surface area contributed by atoms with Crippen molar-refractivity contribution in [1.82, 2.24) is 5.32 Å². The summed E-state index contributed by atoms with van der Waals surface area (Å²) in [6.07, 6.45) is 1.78. The van der Waals surface area contributed by atoms with E-state index in [2.05, 4.69) is 5.32 Å². The second-order valence-corrected chi connectivity index (χ2v) is 3.88. The Bertz CT molecular complexity index is 189. The van der Waals surface area contributed by atoms with E-state index in [0.29, 0.717) is 12.8 Å². The summed E-state index contributed by atoms with van der Waals surface area (Å²) in [7, 11) is 0. The Morgan fingerprint density at radius 2 is 1.83 bits per heavy atom. The van der Waals surface area contributed by atoms with E-state index in [1.165, 1.54) is 0 Å². The zero-order valence-electron chi connectivity index (χ0n) is 6.82. The van der Waals surface area contributed by atoms with Crippen molar-refractivity contribution in [1.29, 1.82) is 0 Å². The van der Waals surface area contributed by atoms with Crippen LogP contribution in [-0.2, 0) is 0 Å². The molecule has 0 bridgehead atoms. The molecule has 0 aromatic carbocycles. The molecule has 0 amide bonds. The lowest BCUT2D eigenvalue weighted by Crippen LogP contribution is -2.47. The number of nitrogens with one attached hydrogen (secondary N) is 1. The van der Waals surface area contributed by atoms with E-state index in [-0.39, 0.29) is 6.54 Å². The van der Waals surface area contributed by atoms with Crippen LogP contribution < -0.4 is 5.32 Å². The fraction of sp³-hybridized carbons (Fsp3) is 1.00. The Morgan fingerprint density at radius 3 is 2.25 bits per heavy atom. The predicted molar refractivity (Wildman–Crippen MR) is 40.2 cm³/mol. The Kier molecular flexibility index (Phi) is 1.67. The SMILES string of the molecule is OC1C(F)(F)CNC12CCCC2. The van der Waals surface area contributed by atoms with Gasteiger partial charge in [-0.05, 0) is 12.8 Å². The Balaban J connectivity index is 2.19. The third-order valence-electron chi connectivity index (χ3n) is 3.10. The molecule has 1 heterocycles. The predicted octanol–water partition coefficient (Wildman–Crippen LogP) is 0.899. The summed E-state index contributed by atoms with van der Waals surface area (Å²) in [5, 5.41) is 12.2. The van der Waals surface area contributed by atoms with E-state index in [9.17, 15) is 13.9 Å². The van der Waals surface area contributed by atoms with Gasteiger partial charge >= 0.3 is 0 Å². The molecule has 0 aromatic heterocycles. The average molecular weight is 177 g/mol. The van der Waals surface area contributed by atoms with Gasteiger partial charge in [0.15, 0.2) is 0 Å². The lowest BCUT2D eigenvalue weighted by molar-refractivity contribution is -0.0951. The standard InChI is InChI=1S/C8H13F2NO/c9-8(10)5-11-7(6(8)12)3-1-2-4-7/h6,11-12H,1-5H2. The van der Waals surface area contributed by atoms with Crippen molar-refractivity contribution in [3.63, 3.8) is 0 Å². The summed E-state index contributed by atoms with van der Waals surface area (Å²) < 4.78 is 25.8. The number of hydrogen-bond donors (Lipinski definition) is 2. The van der Waals surface area contributed by atoms with Crippen LogP contribution in [0.2, 0.25) is 0 Å². The number of aliphatic hydroxyl groups excluding tert-OH is 1. The highest BCUT2D eigenvalue weighted by atomic mass is 19.3. The largest absolute Gasteiger partial charge is 0.385 e. The minimum Gasteiger partial charge on any atom is -0.385 e. The number of hydrogen-bond acceptors (Lipinski definition) is 2. The molecule has 70 valence electrons. The van der Waals surface area contributed by atoms with E-state index in [4.69, 9.17) is 0 Å². The first-order valence-electron chi connectivity index (χ1n) is 4.38. The number of halogens is 2. The normalized spacial score (nSPS) is 37.8. The molecule has 1 saturated carbocycles. The van der Waals surface area contributed by atoms with Crippen LogP contribution in [0, 0.1) is 0 Å². The van der Waals surface area contributed by atoms with Crippen LogP contribution in [-0.4, -0.2) is 29.2 Å². The van der Waals surface area contributed by atoms with Crippen LogP contribution in [0.25, 0.3) is 0 Å². The van der Waals surface area contributed by atoms with Crippen LogP contribution >= 0.6 is 0 Å². The summed E-state index contributed by atoms with van der Waals surface area (Å²) >= 11 is 0. The van der Waals surface area contributed by atoms with Crippen molar-refractivity contribution >= 4 is 0 Å². The van der Waals surface area contributed by atoms with Crippen molar-refractivity contribution in [3.8, 4) is 0 Å². The van der Waals surface area contributed by atoms with Gasteiger partial charge in [-0.3, -0.25) is 0 Å². The fourth-order valence-corrected chi connectivity index (χ4v) is 2.35. The highest BCUT2D eigenvalue weighted by molar-refractivity contribution is 5.10. The number of rotatable bonds is 0. The quantitative estimate of drug-likeness (QED) is 0.576. The molecule has 1 unspecified atom stereocenters. The first-order chi connectivity index (χ1) is 5.57. The van der Waals surface area contributed by atoms with Crippen LogP contribution in [0.1, 0.15) is 25.7 Å². The molecule has 12 heavy (non-hydrogen) atoms. The van der Waals surface area contributed by atoms with Gasteiger partial charge in [-0.25, -0.2) is 8.78 Å². The molecule has 1 atom stereocenters. The van der Waals surface area contributed by atoms with E-state index >= 15 is 0 Å². The molecular weight excluding hydrogens is 164 g/mol. The average Bonchev–Trinajstić information content (AvgIpc) is 2.55. The molecule has 0 aromatic rings. The summed E-state index contributed by atoms with van der Waals surface area (Å²) in [5.74, 6) is -2.93. The summed E-state index contributed by atoms with van der Waals surface area (Å²) in [5.41, 5.74) is -0.663. The van der Waals surface area contributed by atoms with Gasteiger partial charge in [-0.1, -0.05) is 12.8 Å². The minimum atomic E-state index is -2.93. The van der Waals surface area contributed by atoms with Gasteiger partial charge in [-0.2, -0.15) is 0 Å². The first-order valence-corrected chi connectivity index (χ1v) is 4.38. The van der Waals surface area contributed by atoms with Crippen LogP contribution in [0.3, 0.4) is 0 Å². The second-order valence-electron chi connectivity index (χ2n) is 3.88. The van der Waals surface area contributed by atoms with Gasteiger partial charge in [-0.15, -0.1) is 0 Å². The zero-order chi connectivity index (χ0) is 8.82. The highest BCUT2D eigenvalue weighted by Gasteiger charge is 2.58. The summed E-state index contributed by atoms with van der Waals surface area (Å²) in [4.78, 5) is 0. The van der Waals surface area contributed by atoms with Gasteiger partial charge in [0, 0.05) is 0 Å². The van der Waals surface area contributed by atoms with Crippen LogP contribution in [0.5, 0.6) is 0 Å². The second kappa shape index (κ2) is 2.39. The van der Waals surface area contributed by atoms with Gasteiger partial charge < -0.3 is 10.4 Å². The smallest absolute Gasteiger partial charge is 0.287 e. The molecule has 2 fully saturated rings. The molecule has 2 nitrogen and oxygen atoms in total. The Hall–Kier alpha value is -0.220. The lowest BCUT2D eigenvalue weighted by Gasteiger charge is -2.28. The topological polar surface area (TPSA) is 32.3 Å². The van der Waals surface area contributed by atoms with Gasteiger partial charge in [0.1, 0.15) is 6.10 Å². The third kappa shape index (κ3) is 0.977. The first kappa shape index (κ1) is 8.38. The van der Waals surface area contributed by atoms with Crippen LogP contribution in [0.4, 0.5) is 8.78 Å². The minimum absolute atomic E-state index is 0.367. The molecule has 1 aliphatic carbocycles. The molecule has 0 radical (unpaired) electrons. The van der Waals surface area contributed by atoms with Crippen molar-refractivity contribution in [2.45, 2.75) is 43.2 Å². The van der Waals surface area contributed by atoms with E-state index in [0.717, 1.165) is 12.8 Å². The maximum Gasteiger partial charge on any atom is 0.287 e. The van der Waals surface area contributed by atoms with E-state index in [1.807, 2.05) is 0 Å². The summed E-state index contributed by atoms with van der Waals surface area (Å²) in [6.45, 7) is -0.367. The molecule has 1 aliphatic heterocycles. The van der Waals surface area contributed by atoms with E-state index < -0.39 is 17.6 Å². The molecule has 1 spiro atoms. The number of alkyl halides is 2. The van der Waals surface area contributed by atoms with E-state index in [1.54, 1.807) is 0 Å². The number of aliphatic hydroxyl groups is 1. The Morgan fingerprint density at radius 1 is 1.25 bits per heavy atom. The third-order valence-corrected chi connectivity index (χ3v) is 3.10. The van der Waals surface area contributed by atoms with Crippen molar-refractivity contribution < 1.29 is 13.9 Å². The van der Waals surface area contributed by atoms with Gasteiger partial charge in [0.25, 0.3) is 5.92 Å². The van der Waals surface area contributed by atoms with Gasteiger partial charge in [0.05, 0.1) is 12.1 Å². The fourth-order valence-electron chi connectivity index (χ4n) is 2.35. The Labute approximate surface area is 70.0 Å². The van der Waals surface area contributed by atoms with Crippen LogP contribution in [0.15, 0.2) is 0 Å². The monoisotopic (exact) mass is 177 g/mol. The zero-order valence-corrected chi connectivity index (χ0v) is 6.82. The molecule has 4 heteroatoms. The summed E-state index contributed by atoms with van der Waals surface area (Å²) in [6, 6.07) is 0. The van der Waals surface area contributed by atoms with Gasteiger partial charge in [0.2, 0.25) is 0 Å². The molecule has 2 rings (SSSR count). The maximum atomic E-state index is 12.9. The van der Waals surface area contributed by atoms with Crippen molar-refractivity contribution in [2.75, 3.05) is 6.54 Å². The highest BCUT2D eigenvalue weighted by Crippen LogP contribution is 2.42. The maximum absolute atomic E-state index is 12.9. The molecule has 1 saturated heterocycles. The lowest BCUT2D eigenvalue weighted by atomic mass is 9.91. The molecule has 2 aliphatic rings. The molecule has 2 N–H and O–H groups in total. The van der Waals surface area contributed by atoms with Crippen molar-refractivity contribution in [2.24, 2.45) is 0 Å².